The molecular weight excluding hydrogens is 236 g/mol. The molecule has 3 nitrogen and oxygen atoms in total. The second-order valence-electron chi connectivity index (χ2n) is 4.70. The molecule has 0 aliphatic heterocycles. The maximum Gasteiger partial charge on any atom is 0.147 e. The smallest absolute Gasteiger partial charge is 0.147 e. The van der Waals surface area contributed by atoms with Crippen LogP contribution in [0.4, 0.5) is 5.82 Å². The van der Waals surface area contributed by atoms with Crippen LogP contribution in [0.3, 0.4) is 0 Å². The molecule has 1 fully saturated rings. The van der Waals surface area contributed by atoms with Crippen LogP contribution >= 0.6 is 11.6 Å². The third-order valence-electron chi connectivity index (χ3n) is 3.03. The molecule has 0 spiro atoms. The van der Waals surface area contributed by atoms with Gasteiger partial charge < -0.3 is 10.0 Å². The minimum Gasteiger partial charge on any atom is -0.392 e. The summed E-state index contributed by atoms with van der Waals surface area (Å²) in [6, 6.07) is 1.81. The van der Waals surface area contributed by atoms with Gasteiger partial charge in [0.15, 0.2) is 0 Å². The van der Waals surface area contributed by atoms with E-state index in [0.29, 0.717) is 5.02 Å². The predicted octanol–water partition coefficient (Wildman–Crippen LogP) is 2.85. The summed E-state index contributed by atoms with van der Waals surface area (Å²) >= 11 is 6.23. The van der Waals surface area contributed by atoms with Gasteiger partial charge in [-0.15, -0.1) is 0 Å². The van der Waals surface area contributed by atoms with Crippen LogP contribution < -0.4 is 4.90 Å². The zero-order valence-corrected chi connectivity index (χ0v) is 11.0. The number of aliphatic hydroxyl groups is 1. The van der Waals surface area contributed by atoms with Gasteiger partial charge in [-0.2, -0.15) is 0 Å². The van der Waals surface area contributed by atoms with Crippen molar-refractivity contribution in [3.05, 3.63) is 22.8 Å². The highest BCUT2D eigenvalue weighted by Crippen LogP contribution is 2.33. The fourth-order valence-corrected chi connectivity index (χ4v) is 2.26. The molecule has 17 heavy (non-hydrogen) atoms. The van der Waals surface area contributed by atoms with E-state index in [2.05, 4.69) is 16.8 Å². The average Bonchev–Trinajstić information content (AvgIpc) is 3.12. The molecule has 0 atom stereocenters. The normalized spacial score (nSPS) is 15.0. The molecule has 0 amide bonds. The van der Waals surface area contributed by atoms with Crippen molar-refractivity contribution in [3.8, 4) is 0 Å². The lowest BCUT2D eigenvalue weighted by Crippen LogP contribution is -2.27. The largest absolute Gasteiger partial charge is 0.392 e. The van der Waals surface area contributed by atoms with Crippen molar-refractivity contribution in [2.75, 3.05) is 18.0 Å². The van der Waals surface area contributed by atoms with Crippen LogP contribution in [0.2, 0.25) is 5.02 Å². The Balaban J connectivity index is 2.15. The minimum atomic E-state index is -0.0105. The fourth-order valence-electron chi connectivity index (χ4n) is 1.96. The van der Waals surface area contributed by atoms with Crippen LogP contribution in [0.1, 0.15) is 31.7 Å². The van der Waals surface area contributed by atoms with Crippen molar-refractivity contribution in [2.45, 2.75) is 32.8 Å². The van der Waals surface area contributed by atoms with Crippen LogP contribution in [0, 0.1) is 5.92 Å². The summed E-state index contributed by atoms with van der Waals surface area (Å²) in [5.41, 5.74) is 0.765. The van der Waals surface area contributed by atoms with E-state index in [1.165, 1.54) is 12.8 Å². The molecule has 2 rings (SSSR count). The van der Waals surface area contributed by atoms with E-state index in [9.17, 15) is 0 Å². The monoisotopic (exact) mass is 254 g/mol. The van der Waals surface area contributed by atoms with Crippen LogP contribution in [0.5, 0.6) is 0 Å². The molecule has 94 valence electrons. The third-order valence-corrected chi connectivity index (χ3v) is 3.31. The Hall–Kier alpha value is -0.800. The first-order valence-corrected chi connectivity index (χ1v) is 6.62. The number of nitrogens with zero attached hydrogens (tertiary/aromatic N) is 2. The van der Waals surface area contributed by atoms with Crippen LogP contribution in [-0.4, -0.2) is 23.2 Å². The number of aromatic nitrogens is 1. The second-order valence-corrected chi connectivity index (χ2v) is 5.10. The van der Waals surface area contributed by atoms with E-state index >= 15 is 0 Å². The molecule has 4 heteroatoms. The van der Waals surface area contributed by atoms with Gasteiger partial charge in [0, 0.05) is 19.3 Å². The molecule has 1 aliphatic rings. The van der Waals surface area contributed by atoms with Crippen molar-refractivity contribution in [1.82, 2.24) is 4.98 Å². The lowest BCUT2D eigenvalue weighted by atomic mass is 10.2. The van der Waals surface area contributed by atoms with Crippen LogP contribution in [0.15, 0.2) is 12.3 Å². The minimum absolute atomic E-state index is 0.0105. The molecule has 1 aromatic rings. The molecule has 1 aromatic heterocycles. The number of rotatable bonds is 6. The SMILES string of the molecule is CCCN(CC1CC1)c1ncc(CO)cc1Cl. The average molecular weight is 255 g/mol. The maximum atomic E-state index is 9.04. The second kappa shape index (κ2) is 5.69. The number of aliphatic hydroxyl groups excluding tert-OH is 1. The highest BCUT2D eigenvalue weighted by Gasteiger charge is 2.25. The van der Waals surface area contributed by atoms with Crippen LogP contribution in [-0.2, 0) is 6.61 Å². The Bertz CT molecular complexity index is 380. The molecule has 0 aromatic carbocycles. The Morgan fingerprint density at radius 3 is 2.82 bits per heavy atom. The molecular formula is C13H19ClN2O. The number of pyridine rings is 1. The first-order chi connectivity index (χ1) is 8.24. The van der Waals surface area contributed by atoms with E-state index in [1.54, 1.807) is 12.3 Å². The first-order valence-electron chi connectivity index (χ1n) is 6.24. The van der Waals surface area contributed by atoms with Crippen molar-refractivity contribution in [2.24, 2.45) is 5.92 Å². The molecule has 0 bridgehead atoms. The third kappa shape index (κ3) is 3.33. The first kappa shape index (κ1) is 12.7. The molecule has 0 radical (unpaired) electrons. The number of hydrogen-bond acceptors (Lipinski definition) is 3. The van der Waals surface area contributed by atoms with Gasteiger partial charge in [0.2, 0.25) is 0 Å². The lowest BCUT2D eigenvalue weighted by Gasteiger charge is -2.24. The summed E-state index contributed by atoms with van der Waals surface area (Å²) in [6.07, 6.45) is 5.45. The lowest BCUT2D eigenvalue weighted by molar-refractivity contribution is 0.281. The highest BCUT2D eigenvalue weighted by atomic mass is 35.5. The van der Waals surface area contributed by atoms with Gasteiger partial charge in [-0.1, -0.05) is 18.5 Å². The number of anilines is 1. The van der Waals surface area contributed by atoms with Crippen molar-refractivity contribution >= 4 is 17.4 Å². The Morgan fingerprint density at radius 1 is 1.53 bits per heavy atom. The Kier molecular flexibility index (Phi) is 4.24. The van der Waals surface area contributed by atoms with Crippen LogP contribution in [0.25, 0.3) is 0 Å². The quantitative estimate of drug-likeness (QED) is 0.848. The summed E-state index contributed by atoms with van der Waals surface area (Å²) in [5, 5.41) is 9.68. The van der Waals surface area contributed by atoms with Gasteiger partial charge in [-0.3, -0.25) is 0 Å². The van der Waals surface area contributed by atoms with Gasteiger partial charge in [0.05, 0.1) is 11.6 Å². The predicted molar refractivity (Wildman–Crippen MR) is 70.4 cm³/mol. The van der Waals surface area contributed by atoms with Crippen molar-refractivity contribution in [1.29, 1.82) is 0 Å². The Labute approximate surface area is 107 Å². The molecule has 0 saturated heterocycles. The summed E-state index contributed by atoms with van der Waals surface area (Å²) in [6.45, 7) is 4.19. The van der Waals surface area contributed by atoms with E-state index in [4.69, 9.17) is 16.7 Å². The highest BCUT2D eigenvalue weighted by molar-refractivity contribution is 6.33. The van der Waals surface area contributed by atoms with Crippen molar-refractivity contribution in [3.63, 3.8) is 0 Å². The van der Waals surface area contributed by atoms with Gasteiger partial charge in [0.1, 0.15) is 5.82 Å². The summed E-state index contributed by atoms with van der Waals surface area (Å²) < 4.78 is 0. The number of hydrogen-bond donors (Lipinski definition) is 1. The molecule has 1 N–H and O–H groups in total. The molecule has 1 heterocycles. The fraction of sp³-hybridized carbons (Fsp3) is 0.615. The van der Waals surface area contributed by atoms with E-state index in [-0.39, 0.29) is 6.61 Å². The van der Waals surface area contributed by atoms with Gasteiger partial charge >= 0.3 is 0 Å². The van der Waals surface area contributed by atoms with E-state index < -0.39 is 0 Å². The van der Waals surface area contributed by atoms with Crippen molar-refractivity contribution < 1.29 is 5.11 Å². The summed E-state index contributed by atoms with van der Waals surface area (Å²) in [4.78, 5) is 6.65. The standard InChI is InChI=1S/C13H19ClN2O/c1-2-5-16(8-10-3-4-10)13-12(14)6-11(9-17)7-15-13/h6-7,10,17H,2-5,8-9H2,1H3. The number of halogens is 1. The molecule has 1 saturated carbocycles. The summed E-state index contributed by atoms with van der Waals surface area (Å²) in [5.74, 6) is 1.68. The van der Waals surface area contributed by atoms with E-state index in [1.807, 2.05) is 0 Å². The van der Waals surface area contributed by atoms with Gasteiger partial charge in [-0.25, -0.2) is 4.98 Å². The molecule has 0 unspecified atom stereocenters. The van der Waals surface area contributed by atoms with E-state index in [0.717, 1.165) is 36.8 Å². The van der Waals surface area contributed by atoms with Gasteiger partial charge in [0.25, 0.3) is 0 Å². The zero-order valence-electron chi connectivity index (χ0n) is 10.2. The topological polar surface area (TPSA) is 36.4 Å². The maximum absolute atomic E-state index is 9.04. The Morgan fingerprint density at radius 2 is 2.29 bits per heavy atom. The van der Waals surface area contributed by atoms with Gasteiger partial charge in [-0.05, 0) is 36.8 Å². The zero-order chi connectivity index (χ0) is 12.3. The molecule has 1 aliphatic carbocycles. The summed E-state index contributed by atoms with van der Waals surface area (Å²) in [7, 11) is 0.